The molecule has 0 radical (unpaired) electrons. The molecule has 3 saturated heterocycles. The summed E-state index contributed by atoms with van der Waals surface area (Å²) in [6, 6.07) is 8.46. The Bertz CT molecular complexity index is 2800. The Labute approximate surface area is 576 Å². The van der Waals surface area contributed by atoms with Gasteiger partial charge in [0.15, 0.2) is 0 Å². The van der Waals surface area contributed by atoms with Gasteiger partial charge in [-0.2, -0.15) is 0 Å². The second-order valence-electron chi connectivity index (χ2n) is 28.2. The summed E-state index contributed by atoms with van der Waals surface area (Å²) < 4.78 is 23.5. The molecule has 28 nitrogen and oxygen atoms in total. The van der Waals surface area contributed by atoms with Crippen molar-refractivity contribution in [2.24, 2.45) is 11.8 Å². The summed E-state index contributed by atoms with van der Waals surface area (Å²) in [5, 5.41) is 34.0. The molecule has 0 saturated carbocycles. The zero-order chi connectivity index (χ0) is 72.3. The molecule has 98 heavy (non-hydrogen) atoms. The third kappa shape index (κ3) is 28.6. The van der Waals surface area contributed by atoms with Gasteiger partial charge in [-0.15, -0.1) is 0 Å². The third-order valence-corrected chi connectivity index (χ3v) is 16.3. The lowest BCUT2D eigenvalue weighted by molar-refractivity contribution is -0.138. The Morgan fingerprint density at radius 2 is 0.837 bits per heavy atom. The first-order chi connectivity index (χ1) is 46.3. The summed E-state index contributed by atoms with van der Waals surface area (Å²) in [5.74, 6) is -6.73. The van der Waals surface area contributed by atoms with Crippen LogP contribution in [-0.4, -0.2) is 181 Å². The molecule has 0 unspecified atom stereocenters. The quantitative estimate of drug-likeness (QED) is 0.0602. The fraction of sp³-hybridized carbons (Fsp3) is 0.657. The number of carbonyl (C=O) groups is 12. The van der Waals surface area contributed by atoms with Crippen LogP contribution < -0.4 is 63.8 Å². The maximum Gasteiger partial charge on any atom is 0.407 e. The maximum absolute atomic E-state index is 14.8. The lowest BCUT2D eigenvalue weighted by Gasteiger charge is -2.27. The van der Waals surface area contributed by atoms with Crippen molar-refractivity contribution in [2.75, 3.05) is 26.2 Å². The zero-order valence-corrected chi connectivity index (χ0v) is 59.1. The molecular weight excluding hydrogens is 1260 g/mol. The molecule has 5 rings (SSSR count). The first-order valence-corrected chi connectivity index (χ1v) is 34.6. The van der Waals surface area contributed by atoms with Crippen LogP contribution >= 0.6 is 0 Å². The molecule has 12 N–H and O–H groups in total. The Morgan fingerprint density at radius 1 is 0.490 bits per heavy atom. The Morgan fingerprint density at radius 3 is 1.16 bits per heavy atom. The van der Waals surface area contributed by atoms with E-state index in [9.17, 15) is 57.5 Å². The smallest absolute Gasteiger partial charge is 0.407 e. The van der Waals surface area contributed by atoms with Crippen LogP contribution in [0.5, 0.6) is 0 Å². The van der Waals surface area contributed by atoms with Crippen LogP contribution in [0.15, 0.2) is 60.7 Å². The van der Waals surface area contributed by atoms with Gasteiger partial charge in [0.2, 0.25) is 59.1 Å². The number of hydrogen-bond donors (Lipinski definition) is 12. The van der Waals surface area contributed by atoms with E-state index in [-0.39, 0.29) is 102 Å². The predicted molar refractivity (Wildman–Crippen MR) is 364 cm³/mol. The fourth-order valence-corrected chi connectivity index (χ4v) is 11.4. The normalized spacial score (nSPS) is 23.6. The van der Waals surface area contributed by atoms with Gasteiger partial charge in [-0.1, -0.05) is 102 Å². The summed E-state index contributed by atoms with van der Waals surface area (Å²) in [4.78, 5) is 168. The lowest BCUT2D eigenvalue weighted by Crippen LogP contribution is -2.57. The van der Waals surface area contributed by atoms with E-state index >= 15 is 0 Å². The van der Waals surface area contributed by atoms with Gasteiger partial charge >= 0.3 is 12.2 Å². The highest BCUT2D eigenvalue weighted by Crippen LogP contribution is 2.25. The van der Waals surface area contributed by atoms with E-state index in [2.05, 4.69) is 63.8 Å². The maximum atomic E-state index is 14.8. The minimum absolute atomic E-state index is 0.0501. The van der Waals surface area contributed by atoms with E-state index in [4.69, 9.17) is 18.9 Å². The molecule has 3 heterocycles. The summed E-state index contributed by atoms with van der Waals surface area (Å²) in [7, 11) is 0. The molecular formula is C70H108N12O16. The van der Waals surface area contributed by atoms with Gasteiger partial charge in [0, 0.05) is 64.7 Å². The van der Waals surface area contributed by atoms with Crippen molar-refractivity contribution in [3.05, 3.63) is 71.8 Å². The zero-order valence-electron chi connectivity index (χ0n) is 59.1. The highest BCUT2D eigenvalue weighted by molar-refractivity contribution is 5.95. The number of unbranched alkanes of at least 4 members (excludes halogenated alkanes) is 2. The minimum Gasteiger partial charge on any atom is -0.444 e. The van der Waals surface area contributed by atoms with E-state index < -0.39 is 155 Å². The van der Waals surface area contributed by atoms with Crippen molar-refractivity contribution in [3.63, 3.8) is 0 Å². The number of ether oxygens (including phenoxy) is 4. The van der Waals surface area contributed by atoms with E-state index in [0.29, 0.717) is 36.8 Å². The van der Waals surface area contributed by atoms with Gasteiger partial charge in [-0.3, -0.25) is 47.9 Å². The van der Waals surface area contributed by atoms with Crippen molar-refractivity contribution in [1.82, 2.24) is 63.8 Å². The summed E-state index contributed by atoms with van der Waals surface area (Å²) >= 11 is 0. The Hall–Kier alpha value is -8.40. The largest absolute Gasteiger partial charge is 0.444 e. The van der Waals surface area contributed by atoms with Crippen LogP contribution in [-0.2, 0) is 79.7 Å². The average molecular weight is 1370 g/mol. The molecule has 12 amide bonds. The molecule has 3 aliphatic heterocycles. The summed E-state index contributed by atoms with van der Waals surface area (Å²) in [6.07, 6.45) is -4.34. The van der Waals surface area contributed by atoms with E-state index in [1.54, 1.807) is 116 Å². The van der Waals surface area contributed by atoms with Crippen LogP contribution in [0.3, 0.4) is 0 Å². The molecule has 4 bridgehead atoms. The molecule has 0 spiro atoms. The highest BCUT2D eigenvalue weighted by atomic mass is 16.6. The van der Waals surface area contributed by atoms with E-state index in [1.165, 1.54) is 0 Å². The molecule has 0 aromatic heterocycles. The molecule has 28 heteroatoms. The molecule has 544 valence electrons. The minimum atomic E-state index is -1.35. The number of fused-ring (bicyclic) bond motifs is 4. The second-order valence-corrected chi connectivity index (χ2v) is 28.2. The molecule has 0 aliphatic carbocycles. The first kappa shape index (κ1) is 80.3. The van der Waals surface area contributed by atoms with Crippen molar-refractivity contribution >= 4 is 71.3 Å². The van der Waals surface area contributed by atoms with Crippen molar-refractivity contribution < 1.29 is 76.5 Å². The Kier molecular flexibility index (Phi) is 32.2. The van der Waals surface area contributed by atoms with Gasteiger partial charge < -0.3 is 82.7 Å². The molecule has 3 aliphatic rings. The van der Waals surface area contributed by atoms with Crippen LogP contribution in [0.1, 0.15) is 171 Å². The fourth-order valence-electron chi connectivity index (χ4n) is 11.4. The van der Waals surface area contributed by atoms with E-state index in [1.807, 2.05) is 27.7 Å². The number of benzene rings is 2. The predicted octanol–water partition coefficient (Wildman–Crippen LogP) is 3.21. The molecule has 3 fully saturated rings. The third-order valence-electron chi connectivity index (χ3n) is 16.3. The lowest BCUT2D eigenvalue weighted by atomic mass is 10.00. The number of rotatable bonds is 26. The number of nitrogens with one attached hydrogen (secondary N) is 12. The van der Waals surface area contributed by atoms with Gasteiger partial charge in [0.1, 0.15) is 59.7 Å². The van der Waals surface area contributed by atoms with Crippen LogP contribution in [0.2, 0.25) is 0 Å². The van der Waals surface area contributed by atoms with Crippen LogP contribution in [0.25, 0.3) is 0 Å². The number of amides is 12. The van der Waals surface area contributed by atoms with Crippen molar-refractivity contribution in [2.45, 2.75) is 257 Å². The standard InChI is InChI=1S/C70H108N12O16/c1-13-57(83)75-45(29-21-23-31-71-67(93)97-69(7,8)9)61(87)77-47-37-53-65(91)81-51(35-43-25-17-15-18-26-43)63(89)80-50(34-42(5)6)60(86)74-40-56-48(78-62(88)46(76-58(84)14-2)30-22-24-32-72-68(94)98-70(10,11)12)38-54(96-56)66(92)82-52(36-44-27-19-16-20-28-44)64(90)79-49(33-41(3)4)59(85)73-39-55(47)95-53/h15-20,25-28,41-42,45-56H,13-14,21-24,29-40H2,1-12H3,(H,71,93)(H,72,94)(H,73,85)(H,74,86)(H,75,83)(H,76,84)(H,77,87)(H,78,88)(H,79,90)(H,80,89)(H,81,91)(H,82,92)/t45-,46-,47-,48-,49-,50-,51-,52-,53-,54-,55+,56+/m0/s1. The summed E-state index contributed by atoms with van der Waals surface area (Å²) in [6.45, 7) is 20.9. The topological polar surface area (TPSA) is 386 Å². The van der Waals surface area contributed by atoms with Crippen molar-refractivity contribution in [1.29, 1.82) is 0 Å². The van der Waals surface area contributed by atoms with Gasteiger partial charge in [0.25, 0.3) is 0 Å². The van der Waals surface area contributed by atoms with Crippen LogP contribution in [0, 0.1) is 11.8 Å². The Balaban J connectivity index is 1.51. The van der Waals surface area contributed by atoms with Gasteiger partial charge in [0.05, 0.1) is 24.3 Å². The van der Waals surface area contributed by atoms with Crippen molar-refractivity contribution in [3.8, 4) is 0 Å². The first-order valence-electron chi connectivity index (χ1n) is 34.6. The number of alkyl carbamates (subject to hydrolysis) is 2. The highest BCUT2D eigenvalue weighted by Gasteiger charge is 2.45. The summed E-state index contributed by atoms with van der Waals surface area (Å²) in [5.41, 5.74) is -0.131. The molecule has 2 aromatic carbocycles. The number of carbonyl (C=O) groups excluding carboxylic acids is 12. The van der Waals surface area contributed by atoms with E-state index in [0.717, 1.165) is 0 Å². The second kappa shape index (κ2) is 39.3. The molecule has 2 aromatic rings. The number of hydrogen-bond acceptors (Lipinski definition) is 16. The molecule has 12 atom stereocenters. The van der Waals surface area contributed by atoms with Crippen LogP contribution in [0.4, 0.5) is 9.59 Å². The van der Waals surface area contributed by atoms with Gasteiger partial charge in [-0.05, 0) is 116 Å². The average Bonchev–Trinajstić information content (AvgIpc) is 1.70. The monoisotopic (exact) mass is 1370 g/mol. The SMILES string of the molecule is CCC(=O)N[C@@H](CCCCNC(=O)OC(C)(C)C)C(=O)N[C@H]1C[C@@H]2O[C@@H]1CNC(=O)[C@H](CC(C)C)NC(=O)[C@H](Cc1ccccc1)NC(=O)[C@@H]1C[C@H](NC(=O)[C@H](CCCCNC(=O)OC(C)(C)C)NC(=O)CC)[C@@H](CNC(=O)[C@H](CC(C)C)NC(=O)[C@H](Cc3ccccc3)NC2=O)O1. The van der Waals surface area contributed by atoms with Gasteiger partial charge in [-0.25, -0.2) is 9.59 Å².